The van der Waals surface area contributed by atoms with E-state index in [1.807, 2.05) is 19.1 Å². The first kappa shape index (κ1) is 12.6. The van der Waals surface area contributed by atoms with Crippen LogP contribution in [0.1, 0.15) is 22.7 Å². The van der Waals surface area contributed by atoms with E-state index in [9.17, 15) is 0 Å². The van der Waals surface area contributed by atoms with Gasteiger partial charge < -0.3 is 0 Å². The number of halogens is 1. The molecule has 0 aliphatic rings. The summed E-state index contributed by atoms with van der Waals surface area (Å²) in [6, 6.07) is 8.29. The molecule has 0 bridgehead atoms. The summed E-state index contributed by atoms with van der Waals surface area (Å²) in [7, 11) is 0. The molecule has 2 rings (SSSR count). The first-order chi connectivity index (χ1) is 8.20. The highest BCUT2D eigenvalue weighted by Gasteiger charge is 2.11. The molecule has 1 heterocycles. The highest BCUT2D eigenvalue weighted by Crippen LogP contribution is 2.24. The fraction of sp³-hybridized carbons (Fsp3) is 0.231. The van der Waals surface area contributed by atoms with Crippen LogP contribution in [0.25, 0.3) is 0 Å². The molecule has 1 aromatic heterocycles. The van der Waals surface area contributed by atoms with Crippen LogP contribution in [-0.4, -0.2) is 0 Å². The predicted octanol–water partition coefficient (Wildman–Crippen LogP) is 3.46. The van der Waals surface area contributed by atoms with Crippen LogP contribution in [0.2, 0.25) is 5.02 Å². The van der Waals surface area contributed by atoms with Gasteiger partial charge in [0.2, 0.25) is 0 Å². The van der Waals surface area contributed by atoms with Gasteiger partial charge in [-0.2, -0.15) is 11.3 Å². The van der Waals surface area contributed by atoms with Crippen LogP contribution in [0.3, 0.4) is 0 Å². The SMILES string of the molecule is Cc1ccc(C(Cc2ccsc2)NN)cc1Cl. The molecule has 0 saturated carbocycles. The fourth-order valence-electron chi connectivity index (χ4n) is 1.74. The van der Waals surface area contributed by atoms with Crippen LogP contribution in [0.4, 0.5) is 0 Å². The van der Waals surface area contributed by atoms with Crippen LogP contribution < -0.4 is 11.3 Å². The molecule has 0 amide bonds. The van der Waals surface area contributed by atoms with Crippen molar-refractivity contribution in [2.45, 2.75) is 19.4 Å². The minimum atomic E-state index is 0.0997. The van der Waals surface area contributed by atoms with E-state index in [0.717, 1.165) is 22.6 Å². The van der Waals surface area contributed by atoms with Crippen molar-refractivity contribution >= 4 is 22.9 Å². The number of benzene rings is 1. The highest BCUT2D eigenvalue weighted by atomic mass is 35.5. The maximum absolute atomic E-state index is 6.13. The Balaban J connectivity index is 2.20. The molecule has 0 aliphatic carbocycles. The largest absolute Gasteiger partial charge is 0.271 e. The van der Waals surface area contributed by atoms with E-state index >= 15 is 0 Å². The summed E-state index contributed by atoms with van der Waals surface area (Å²) in [6.45, 7) is 2.00. The Bertz CT molecular complexity index is 482. The van der Waals surface area contributed by atoms with Crippen LogP contribution in [0, 0.1) is 6.92 Å². The summed E-state index contributed by atoms with van der Waals surface area (Å²) in [5, 5.41) is 5.00. The zero-order valence-corrected chi connectivity index (χ0v) is 11.2. The van der Waals surface area contributed by atoms with Crippen molar-refractivity contribution in [1.82, 2.24) is 5.43 Å². The molecule has 0 radical (unpaired) electrons. The number of hydrazine groups is 1. The standard InChI is InChI=1S/C13H15ClN2S/c1-9-2-3-11(7-12(9)14)13(16-15)6-10-4-5-17-8-10/h2-5,7-8,13,16H,6,15H2,1H3. The molecule has 0 fully saturated rings. The normalized spacial score (nSPS) is 12.6. The third-order valence-corrected chi connectivity index (χ3v) is 3.96. The molecular formula is C13H15ClN2S. The number of hydrogen-bond acceptors (Lipinski definition) is 3. The van der Waals surface area contributed by atoms with Gasteiger partial charge in [-0.15, -0.1) is 0 Å². The van der Waals surface area contributed by atoms with Gasteiger partial charge in [0, 0.05) is 5.02 Å². The second-order valence-corrected chi connectivity index (χ2v) is 5.25. The van der Waals surface area contributed by atoms with Crippen molar-refractivity contribution in [1.29, 1.82) is 0 Å². The molecule has 2 aromatic rings. The summed E-state index contributed by atoms with van der Waals surface area (Å²) in [5.74, 6) is 5.62. The molecule has 2 nitrogen and oxygen atoms in total. The van der Waals surface area contributed by atoms with Gasteiger partial charge in [-0.1, -0.05) is 23.7 Å². The van der Waals surface area contributed by atoms with Gasteiger partial charge in [-0.3, -0.25) is 11.3 Å². The number of hydrogen-bond donors (Lipinski definition) is 2. The highest BCUT2D eigenvalue weighted by molar-refractivity contribution is 7.07. The Kier molecular flexibility index (Phi) is 4.18. The molecule has 17 heavy (non-hydrogen) atoms. The van der Waals surface area contributed by atoms with Crippen LogP contribution in [0.5, 0.6) is 0 Å². The predicted molar refractivity (Wildman–Crippen MR) is 74.3 cm³/mol. The smallest absolute Gasteiger partial charge is 0.0501 e. The van der Waals surface area contributed by atoms with Crippen molar-refractivity contribution in [2.75, 3.05) is 0 Å². The Morgan fingerprint density at radius 2 is 2.24 bits per heavy atom. The third-order valence-electron chi connectivity index (χ3n) is 2.82. The number of nitrogens with one attached hydrogen (secondary N) is 1. The average Bonchev–Trinajstić information content (AvgIpc) is 2.82. The van der Waals surface area contributed by atoms with Crippen molar-refractivity contribution in [3.63, 3.8) is 0 Å². The number of thiophene rings is 1. The summed E-state index contributed by atoms with van der Waals surface area (Å²) in [5.41, 5.74) is 6.34. The van der Waals surface area contributed by atoms with E-state index in [4.69, 9.17) is 17.4 Å². The lowest BCUT2D eigenvalue weighted by Gasteiger charge is -2.16. The lowest BCUT2D eigenvalue weighted by Crippen LogP contribution is -2.29. The molecule has 0 spiro atoms. The van der Waals surface area contributed by atoms with E-state index in [1.54, 1.807) is 11.3 Å². The molecule has 1 aromatic carbocycles. The van der Waals surface area contributed by atoms with Crippen molar-refractivity contribution in [3.05, 3.63) is 56.7 Å². The molecular weight excluding hydrogens is 252 g/mol. The minimum absolute atomic E-state index is 0.0997. The van der Waals surface area contributed by atoms with E-state index in [-0.39, 0.29) is 6.04 Å². The van der Waals surface area contributed by atoms with Gasteiger partial charge >= 0.3 is 0 Å². The first-order valence-corrected chi connectivity index (χ1v) is 6.76. The molecule has 3 N–H and O–H groups in total. The van der Waals surface area contributed by atoms with Gasteiger partial charge in [0.1, 0.15) is 0 Å². The number of aryl methyl sites for hydroxylation is 1. The number of nitrogens with two attached hydrogens (primary N) is 1. The third kappa shape index (κ3) is 3.07. The Morgan fingerprint density at radius 1 is 1.41 bits per heavy atom. The minimum Gasteiger partial charge on any atom is -0.271 e. The van der Waals surface area contributed by atoms with Crippen LogP contribution in [-0.2, 0) is 6.42 Å². The molecule has 0 aliphatic heterocycles. The monoisotopic (exact) mass is 266 g/mol. The molecule has 90 valence electrons. The Labute approximate surface area is 110 Å². The Morgan fingerprint density at radius 3 is 2.82 bits per heavy atom. The second-order valence-electron chi connectivity index (χ2n) is 4.06. The van der Waals surface area contributed by atoms with Crippen LogP contribution >= 0.6 is 22.9 Å². The summed E-state index contributed by atoms with van der Waals surface area (Å²) < 4.78 is 0. The van der Waals surface area contributed by atoms with E-state index in [2.05, 4.69) is 28.3 Å². The lowest BCUT2D eigenvalue weighted by molar-refractivity contribution is 0.552. The van der Waals surface area contributed by atoms with E-state index in [1.165, 1.54) is 5.56 Å². The van der Waals surface area contributed by atoms with Gasteiger partial charge in [0.05, 0.1) is 6.04 Å². The fourth-order valence-corrected chi connectivity index (χ4v) is 2.61. The van der Waals surface area contributed by atoms with E-state index in [0.29, 0.717) is 0 Å². The lowest BCUT2D eigenvalue weighted by atomic mass is 10.00. The van der Waals surface area contributed by atoms with Gasteiger partial charge in [0.15, 0.2) is 0 Å². The van der Waals surface area contributed by atoms with Gasteiger partial charge in [-0.25, -0.2) is 0 Å². The molecule has 1 unspecified atom stereocenters. The van der Waals surface area contributed by atoms with Crippen LogP contribution in [0.15, 0.2) is 35.0 Å². The van der Waals surface area contributed by atoms with E-state index < -0.39 is 0 Å². The summed E-state index contributed by atoms with van der Waals surface area (Å²) in [6.07, 6.45) is 0.874. The maximum atomic E-state index is 6.13. The zero-order valence-electron chi connectivity index (χ0n) is 9.61. The van der Waals surface area contributed by atoms with Crippen molar-refractivity contribution in [2.24, 2.45) is 5.84 Å². The Hall–Kier alpha value is -0.870. The molecule has 0 saturated heterocycles. The number of rotatable bonds is 4. The maximum Gasteiger partial charge on any atom is 0.0501 e. The van der Waals surface area contributed by atoms with Gasteiger partial charge in [-0.05, 0) is 52.9 Å². The summed E-state index contributed by atoms with van der Waals surface area (Å²) in [4.78, 5) is 0. The molecule has 4 heteroatoms. The average molecular weight is 267 g/mol. The molecule has 1 atom stereocenters. The second kappa shape index (κ2) is 5.65. The summed E-state index contributed by atoms with van der Waals surface area (Å²) >= 11 is 7.83. The first-order valence-electron chi connectivity index (χ1n) is 5.44. The quantitative estimate of drug-likeness (QED) is 0.657. The topological polar surface area (TPSA) is 38.0 Å². The van der Waals surface area contributed by atoms with Gasteiger partial charge in [0.25, 0.3) is 0 Å². The van der Waals surface area contributed by atoms with Crippen molar-refractivity contribution < 1.29 is 0 Å². The zero-order chi connectivity index (χ0) is 12.3. The van der Waals surface area contributed by atoms with Crippen molar-refractivity contribution in [3.8, 4) is 0 Å².